The minimum atomic E-state index is -1.39. The molecule has 0 spiro atoms. The molecule has 17 heavy (non-hydrogen) atoms. The van der Waals surface area contributed by atoms with Crippen LogP contribution in [-0.4, -0.2) is 17.2 Å². The van der Waals surface area contributed by atoms with E-state index in [-0.39, 0.29) is 0 Å². The molecular formula is C13H15BO2S. The maximum atomic E-state index is 9.38. The van der Waals surface area contributed by atoms with Crippen LogP contribution in [0.4, 0.5) is 0 Å². The van der Waals surface area contributed by atoms with E-state index in [9.17, 15) is 10.0 Å². The molecule has 4 heteroatoms. The highest BCUT2D eigenvalue weighted by Gasteiger charge is 2.21. The zero-order valence-corrected chi connectivity index (χ0v) is 10.7. The third-order valence-corrected chi connectivity index (χ3v) is 4.15. The smallest absolute Gasteiger partial charge is 0.423 e. The van der Waals surface area contributed by atoms with E-state index in [1.54, 1.807) is 11.3 Å². The molecule has 0 aliphatic heterocycles. The lowest BCUT2D eigenvalue weighted by Crippen LogP contribution is -2.31. The second-order valence-corrected chi connectivity index (χ2v) is 5.41. The fourth-order valence-corrected chi connectivity index (χ4v) is 3.01. The van der Waals surface area contributed by atoms with Gasteiger partial charge in [0.25, 0.3) is 0 Å². The lowest BCUT2D eigenvalue weighted by Gasteiger charge is -2.04. The molecule has 0 fully saturated rings. The average molecular weight is 246 g/mol. The summed E-state index contributed by atoms with van der Waals surface area (Å²) in [4.78, 5) is 2.12. The van der Waals surface area contributed by atoms with Crippen LogP contribution in [0.1, 0.15) is 24.6 Å². The van der Waals surface area contributed by atoms with Crippen LogP contribution in [0.15, 0.2) is 36.4 Å². The van der Waals surface area contributed by atoms with E-state index in [1.807, 2.05) is 36.4 Å². The SMILES string of the molecule is CC(C)c1sc(-c2ccccc2)cc1B(O)O. The van der Waals surface area contributed by atoms with Gasteiger partial charge in [-0.15, -0.1) is 11.3 Å². The first-order chi connectivity index (χ1) is 8.09. The molecule has 0 aliphatic carbocycles. The molecule has 2 aromatic rings. The monoisotopic (exact) mass is 246 g/mol. The third kappa shape index (κ3) is 2.60. The zero-order valence-electron chi connectivity index (χ0n) is 9.92. The van der Waals surface area contributed by atoms with Crippen molar-refractivity contribution in [3.63, 3.8) is 0 Å². The van der Waals surface area contributed by atoms with Gasteiger partial charge in [-0.25, -0.2) is 0 Å². The van der Waals surface area contributed by atoms with Gasteiger partial charge in [0.15, 0.2) is 0 Å². The van der Waals surface area contributed by atoms with Gasteiger partial charge in [0, 0.05) is 9.75 Å². The van der Waals surface area contributed by atoms with E-state index in [0.29, 0.717) is 11.4 Å². The van der Waals surface area contributed by atoms with Gasteiger partial charge in [0.05, 0.1) is 0 Å². The fraction of sp³-hybridized carbons (Fsp3) is 0.231. The van der Waals surface area contributed by atoms with Gasteiger partial charge >= 0.3 is 7.12 Å². The summed E-state index contributed by atoms with van der Waals surface area (Å²) < 4.78 is 0. The predicted octanol–water partition coefficient (Wildman–Crippen LogP) is 2.22. The topological polar surface area (TPSA) is 40.5 Å². The van der Waals surface area contributed by atoms with E-state index in [1.165, 1.54) is 0 Å². The second-order valence-electron chi connectivity index (χ2n) is 4.32. The highest BCUT2D eigenvalue weighted by atomic mass is 32.1. The van der Waals surface area contributed by atoms with Crippen molar-refractivity contribution in [2.45, 2.75) is 19.8 Å². The van der Waals surface area contributed by atoms with E-state index < -0.39 is 7.12 Å². The van der Waals surface area contributed by atoms with Gasteiger partial charge in [-0.05, 0) is 23.0 Å². The van der Waals surface area contributed by atoms with Crippen molar-refractivity contribution < 1.29 is 10.0 Å². The molecule has 2 rings (SSSR count). The number of benzene rings is 1. The Hall–Kier alpha value is -1.10. The maximum Gasteiger partial charge on any atom is 0.489 e. The van der Waals surface area contributed by atoms with Crippen LogP contribution in [0, 0.1) is 0 Å². The molecule has 0 bridgehead atoms. The first-order valence-corrected chi connectivity index (χ1v) is 6.46. The highest BCUT2D eigenvalue weighted by Crippen LogP contribution is 2.30. The Kier molecular flexibility index (Phi) is 3.67. The molecular weight excluding hydrogens is 231 g/mol. The lowest BCUT2D eigenvalue weighted by molar-refractivity contribution is 0.425. The van der Waals surface area contributed by atoms with Crippen molar-refractivity contribution in [1.82, 2.24) is 0 Å². The molecule has 0 saturated carbocycles. The number of thiophene rings is 1. The summed E-state index contributed by atoms with van der Waals surface area (Å²) in [6, 6.07) is 11.9. The summed E-state index contributed by atoms with van der Waals surface area (Å²) >= 11 is 1.63. The molecule has 2 nitrogen and oxygen atoms in total. The second kappa shape index (κ2) is 5.04. The summed E-state index contributed by atoms with van der Waals surface area (Å²) in [6.07, 6.45) is 0. The molecule has 88 valence electrons. The predicted molar refractivity (Wildman–Crippen MR) is 73.7 cm³/mol. The van der Waals surface area contributed by atoms with E-state index >= 15 is 0 Å². The number of hydrogen-bond acceptors (Lipinski definition) is 3. The first kappa shape index (κ1) is 12.4. The summed E-state index contributed by atoms with van der Waals surface area (Å²) in [7, 11) is -1.39. The van der Waals surface area contributed by atoms with Crippen molar-refractivity contribution in [3.05, 3.63) is 41.3 Å². The Labute approximate surface area is 106 Å². The summed E-state index contributed by atoms with van der Waals surface area (Å²) in [5, 5.41) is 18.8. The number of rotatable bonds is 3. The summed E-state index contributed by atoms with van der Waals surface area (Å²) in [6.45, 7) is 4.12. The van der Waals surface area contributed by atoms with Crippen LogP contribution in [0.5, 0.6) is 0 Å². The van der Waals surface area contributed by atoms with Crippen LogP contribution >= 0.6 is 11.3 Å². The van der Waals surface area contributed by atoms with Crippen LogP contribution in [0.3, 0.4) is 0 Å². The Morgan fingerprint density at radius 1 is 1.12 bits per heavy atom. The van der Waals surface area contributed by atoms with Gasteiger partial charge in [0.2, 0.25) is 0 Å². The average Bonchev–Trinajstić information content (AvgIpc) is 2.75. The molecule has 2 N–H and O–H groups in total. The minimum absolute atomic E-state index is 0.300. The molecule has 1 aromatic carbocycles. The standard InChI is InChI=1S/C13H15BO2S/c1-9(2)13-11(14(15)16)8-12(17-13)10-6-4-3-5-7-10/h3-9,15-16H,1-2H3. The highest BCUT2D eigenvalue weighted by molar-refractivity contribution is 7.17. The summed E-state index contributed by atoms with van der Waals surface area (Å²) in [5.41, 5.74) is 1.75. The zero-order chi connectivity index (χ0) is 12.4. The van der Waals surface area contributed by atoms with Gasteiger partial charge < -0.3 is 10.0 Å². The Bertz CT molecular complexity index is 466. The van der Waals surface area contributed by atoms with Crippen molar-refractivity contribution in [2.75, 3.05) is 0 Å². The van der Waals surface area contributed by atoms with E-state index in [2.05, 4.69) is 13.8 Å². The van der Waals surface area contributed by atoms with Crippen molar-refractivity contribution in [3.8, 4) is 10.4 Å². The molecule has 0 unspecified atom stereocenters. The number of hydrogen-bond donors (Lipinski definition) is 2. The van der Waals surface area contributed by atoms with Crippen molar-refractivity contribution in [1.29, 1.82) is 0 Å². The van der Waals surface area contributed by atoms with Gasteiger partial charge in [-0.3, -0.25) is 0 Å². The van der Waals surface area contributed by atoms with Crippen molar-refractivity contribution >= 4 is 23.9 Å². The van der Waals surface area contributed by atoms with Gasteiger partial charge in [0.1, 0.15) is 0 Å². The molecule has 0 saturated heterocycles. The summed E-state index contributed by atoms with van der Waals surface area (Å²) in [5.74, 6) is 0.300. The van der Waals surface area contributed by atoms with Crippen LogP contribution in [0.2, 0.25) is 0 Å². The molecule has 0 amide bonds. The Balaban J connectivity index is 2.48. The van der Waals surface area contributed by atoms with Gasteiger partial charge in [-0.1, -0.05) is 44.2 Å². The maximum absolute atomic E-state index is 9.38. The normalized spacial score (nSPS) is 10.9. The minimum Gasteiger partial charge on any atom is -0.423 e. The molecule has 1 heterocycles. The Morgan fingerprint density at radius 2 is 1.76 bits per heavy atom. The van der Waals surface area contributed by atoms with Crippen LogP contribution in [0.25, 0.3) is 10.4 Å². The first-order valence-electron chi connectivity index (χ1n) is 5.64. The van der Waals surface area contributed by atoms with Crippen LogP contribution < -0.4 is 5.46 Å². The quantitative estimate of drug-likeness (QED) is 0.815. The van der Waals surface area contributed by atoms with Crippen LogP contribution in [-0.2, 0) is 0 Å². The Morgan fingerprint density at radius 3 is 2.24 bits per heavy atom. The van der Waals surface area contributed by atoms with E-state index in [0.717, 1.165) is 15.3 Å². The van der Waals surface area contributed by atoms with E-state index in [4.69, 9.17) is 0 Å². The largest absolute Gasteiger partial charge is 0.489 e. The van der Waals surface area contributed by atoms with Gasteiger partial charge in [-0.2, -0.15) is 0 Å². The molecule has 1 aromatic heterocycles. The third-order valence-electron chi connectivity index (χ3n) is 2.65. The molecule has 0 radical (unpaired) electrons. The van der Waals surface area contributed by atoms with Crippen molar-refractivity contribution in [2.24, 2.45) is 0 Å². The molecule has 0 atom stereocenters. The molecule has 0 aliphatic rings. The lowest BCUT2D eigenvalue weighted by atomic mass is 9.78. The fourth-order valence-electron chi connectivity index (χ4n) is 1.82.